The first kappa shape index (κ1) is 12.1. The van der Waals surface area contributed by atoms with Gasteiger partial charge in [-0.15, -0.1) is 5.10 Å². The first-order valence-electron chi connectivity index (χ1n) is 5.30. The zero-order valence-electron chi connectivity index (χ0n) is 10.3. The minimum atomic E-state index is -0.122. The number of aryl methyl sites for hydroxylation is 1. The van der Waals surface area contributed by atoms with Crippen molar-refractivity contribution in [3.05, 3.63) is 17.5 Å². The van der Waals surface area contributed by atoms with E-state index in [0.29, 0.717) is 5.75 Å². The largest absolute Gasteiger partial charge is 0.360 e. The summed E-state index contributed by atoms with van der Waals surface area (Å²) in [4.78, 5) is 0. The van der Waals surface area contributed by atoms with Crippen LogP contribution >= 0.6 is 11.8 Å². The molecule has 0 aliphatic rings. The van der Waals surface area contributed by atoms with Crippen molar-refractivity contribution in [2.45, 2.75) is 44.1 Å². The van der Waals surface area contributed by atoms with E-state index in [-0.39, 0.29) is 5.54 Å². The van der Waals surface area contributed by atoms with E-state index in [1.54, 1.807) is 16.4 Å². The molecule has 0 amide bonds. The molecule has 2 aromatic heterocycles. The standard InChI is InChI=1S/C10H15N5OS/c1-7-5-8(16-12-7)6-17-9-11-13-14-15(9)10(2,3)4/h5H,6H2,1-4H3. The van der Waals surface area contributed by atoms with Gasteiger partial charge in [0.05, 0.1) is 17.0 Å². The number of hydrogen-bond donors (Lipinski definition) is 0. The van der Waals surface area contributed by atoms with Crippen LogP contribution in [0, 0.1) is 6.92 Å². The SMILES string of the molecule is Cc1cc(CSc2nnnn2C(C)(C)C)on1. The number of rotatable bonds is 3. The minimum absolute atomic E-state index is 0.122. The van der Waals surface area contributed by atoms with Gasteiger partial charge >= 0.3 is 0 Å². The van der Waals surface area contributed by atoms with Crippen molar-refractivity contribution < 1.29 is 4.52 Å². The van der Waals surface area contributed by atoms with Crippen molar-refractivity contribution in [3.63, 3.8) is 0 Å². The molecule has 0 aliphatic heterocycles. The van der Waals surface area contributed by atoms with E-state index in [4.69, 9.17) is 4.52 Å². The van der Waals surface area contributed by atoms with Gasteiger partial charge in [0.2, 0.25) is 5.16 Å². The number of aromatic nitrogens is 5. The molecule has 0 fully saturated rings. The Bertz CT molecular complexity index is 499. The van der Waals surface area contributed by atoms with Gasteiger partial charge in [0, 0.05) is 6.07 Å². The molecule has 0 radical (unpaired) electrons. The van der Waals surface area contributed by atoms with Crippen molar-refractivity contribution in [2.75, 3.05) is 0 Å². The van der Waals surface area contributed by atoms with Gasteiger partial charge in [0.1, 0.15) is 5.76 Å². The molecule has 0 N–H and O–H groups in total. The van der Waals surface area contributed by atoms with Crippen LogP contribution in [-0.2, 0) is 11.3 Å². The Morgan fingerprint density at radius 2 is 2.18 bits per heavy atom. The number of thioether (sulfide) groups is 1. The third kappa shape index (κ3) is 2.85. The Kier molecular flexibility index (Phi) is 3.19. The maximum Gasteiger partial charge on any atom is 0.210 e. The predicted molar refractivity (Wildman–Crippen MR) is 63.6 cm³/mol. The molecule has 0 aliphatic carbocycles. The van der Waals surface area contributed by atoms with E-state index in [2.05, 4.69) is 41.5 Å². The molecule has 6 nitrogen and oxygen atoms in total. The molecule has 2 heterocycles. The predicted octanol–water partition coefficient (Wildman–Crippen LogP) is 2.02. The van der Waals surface area contributed by atoms with Gasteiger partial charge in [-0.05, 0) is 38.1 Å². The highest BCUT2D eigenvalue weighted by Crippen LogP contribution is 2.24. The fourth-order valence-corrected chi connectivity index (χ4v) is 2.24. The summed E-state index contributed by atoms with van der Waals surface area (Å²) >= 11 is 1.54. The molecular weight excluding hydrogens is 238 g/mol. The minimum Gasteiger partial charge on any atom is -0.360 e. The van der Waals surface area contributed by atoms with E-state index in [1.165, 1.54) is 0 Å². The molecular formula is C10H15N5OS. The second kappa shape index (κ2) is 4.48. The van der Waals surface area contributed by atoms with Crippen LogP contribution < -0.4 is 0 Å². The van der Waals surface area contributed by atoms with Crippen LogP contribution in [-0.4, -0.2) is 25.4 Å². The van der Waals surface area contributed by atoms with Crippen molar-refractivity contribution in [3.8, 4) is 0 Å². The van der Waals surface area contributed by atoms with Gasteiger partial charge < -0.3 is 4.52 Å². The summed E-state index contributed by atoms with van der Waals surface area (Å²) in [5.41, 5.74) is 0.763. The third-order valence-electron chi connectivity index (χ3n) is 2.10. The van der Waals surface area contributed by atoms with Crippen LogP contribution in [0.15, 0.2) is 15.7 Å². The summed E-state index contributed by atoms with van der Waals surface area (Å²) in [5, 5.41) is 16.3. The lowest BCUT2D eigenvalue weighted by atomic mass is 10.1. The van der Waals surface area contributed by atoms with Gasteiger partial charge in [-0.2, -0.15) is 0 Å². The third-order valence-corrected chi connectivity index (χ3v) is 3.04. The van der Waals surface area contributed by atoms with Crippen LogP contribution in [0.3, 0.4) is 0 Å². The molecule has 92 valence electrons. The quantitative estimate of drug-likeness (QED) is 0.779. The Morgan fingerprint density at radius 1 is 1.41 bits per heavy atom. The van der Waals surface area contributed by atoms with E-state index >= 15 is 0 Å². The van der Waals surface area contributed by atoms with Crippen LogP contribution in [0.25, 0.3) is 0 Å². The fraction of sp³-hybridized carbons (Fsp3) is 0.600. The highest BCUT2D eigenvalue weighted by atomic mass is 32.2. The Balaban J connectivity index is 2.07. The molecule has 0 aromatic carbocycles. The van der Waals surface area contributed by atoms with Crippen molar-refractivity contribution >= 4 is 11.8 Å². The lowest BCUT2D eigenvalue weighted by molar-refractivity contribution is 0.321. The second-order valence-corrected chi connectivity index (χ2v) is 5.71. The molecule has 0 spiro atoms. The number of hydrogen-bond acceptors (Lipinski definition) is 6. The molecule has 17 heavy (non-hydrogen) atoms. The maximum atomic E-state index is 5.14. The van der Waals surface area contributed by atoms with E-state index in [1.807, 2.05) is 13.0 Å². The monoisotopic (exact) mass is 253 g/mol. The van der Waals surface area contributed by atoms with Gasteiger partial charge in [-0.1, -0.05) is 16.9 Å². The van der Waals surface area contributed by atoms with Crippen molar-refractivity contribution in [1.29, 1.82) is 0 Å². The molecule has 0 saturated carbocycles. The Morgan fingerprint density at radius 3 is 2.76 bits per heavy atom. The summed E-state index contributed by atoms with van der Waals surface area (Å²) in [6.45, 7) is 8.08. The van der Waals surface area contributed by atoms with Crippen LogP contribution in [0.1, 0.15) is 32.2 Å². The van der Waals surface area contributed by atoms with Crippen molar-refractivity contribution in [1.82, 2.24) is 25.4 Å². The average Bonchev–Trinajstić information content (AvgIpc) is 2.81. The average molecular weight is 253 g/mol. The van der Waals surface area contributed by atoms with E-state index < -0.39 is 0 Å². The fourth-order valence-electron chi connectivity index (χ4n) is 1.31. The zero-order valence-corrected chi connectivity index (χ0v) is 11.2. The summed E-state index contributed by atoms with van der Waals surface area (Å²) in [6.07, 6.45) is 0. The number of tetrazole rings is 1. The zero-order chi connectivity index (χ0) is 12.5. The smallest absolute Gasteiger partial charge is 0.210 e. The molecule has 0 saturated heterocycles. The Hall–Kier alpha value is -1.37. The molecule has 0 unspecified atom stereocenters. The summed E-state index contributed by atoms with van der Waals surface area (Å²) < 4.78 is 6.95. The molecule has 2 rings (SSSR count). The van der Waals surface area contributed by atoms with E-state index in [9.17, 15) is 0 Å². The van der Waals surface area contributed by atoms with Gasteiger partial charge in [-0.3, -0.25) is 0 Å². The van der Waals surface area contributed by atoms with Crippen LogP contribution in [0.4, 0.5) is 0 Å². The highest BCUT2D eigenvalue weighted by molar-refractivity contribution is 7.98. The van der Waals surface area contributed by atoms with Crippen molar-refractivity contribution in [2.24, 2.45) is 0 Å². The first-order valence-corrected chi connectivity index (χ1v) is 6.29. The molecule has 0 atom stereocenters. The topological polar surface area (TPSA) is 69.6 Å². The summed E-state index contributed by atoms with van der Waals surface area (Å²) in [6, 6.07) is 1.91. The van der Waals surface area contributed by atoms with Gasteiger partial charge in [-0.25, -0.2) is 4.68 Å². The normalized spacial score (nSPS) is 12.0. The van der Waals surface area contributed by atoms with Gasteiger partial charge in [0.25, 0.3) is 0 Å². The second-order valence-electron chi connectivity index (χ2n) is 4.77. The summed E-state index contributed by atoms with van der Waals surface area (Å²) in [5.74, 6) is 1.51. The summed E-state index contributed by atoms with van der Waals surface area (Å²) in [7, 11) is 0. The van der Waals surface area contributed by atoms with Crippen LogP contribution in [0.2, 0.25) is 0 Å². The first-order chi connectivity index (χ1) is 7.97. The lowest BCUT2D eigenvalue weighted by Gasteiger charge is -2.19. The van der Waals surface area contributed by atoms with Crippen LogP contribution in [0.5, 0.6) is 0 Å². The maximum absolute atomic E-state index is 5.14. The molecule has 0 bridgehead atoms. The Labute approximate surface area is 104 Å². The molecule has 2 aromatic rings. The highest BCUT2D eigenvalue weighted by Gasteiger charge is 2.20. The number of nitrogens with zero attached hydrogens (tertiary/aromatic N) is 5. The van der Waals surface area contributed by atoms with E-state index in [0.717, 1.165) is 16.6 Å². The molecule has 7 heteroatoms. The van der Waals surface area contributed by atoms with Gasteiger partial charge in [0.15, 0.2) is 0 Å². The lowest BCUT2D eigenvalue weighted by Crippen LogP contribution is -2.24.